The van der Waals surface area contributed by atoms with Crippen LogP contribution in [-0.4, -0.2) is 37.1 Å². The van der Waals surface area contributed by atoms with Gasteiger partial charge in [0.2, 0.25) is 0 Å². The molecule has 0 saturated carbocycles. The molecule has 1 aromatic carbocycles. The Bertz CT molecular complexity index is 766. The number of hydrogen-bond acceptors (Lipinski definition) is 6. The van der Waals surface area contributed by atoms with Crippen LogP contribution in [0.3, 0.4) is 0 Å². The number of thiazole rings is 1. The summed E-state index contributed by atoms with van der Waals surface area (Å²) >= 11 is 1.69. The number of carbonyl (C=O) groups excluding carboxylic acids is 1. The molecule has 0 unspecified atom stereocenters. The molecule has 6 heteroatoms. The van der Waals surface area contributed by atoms with Gasteiger partial charge in [-0.25, -0.2) is 4.98 Å². The number of hydrogen-bond donors (Lipinski definition) is 0. The van der Waals surface area contributed by atoms with Crippen molar-refractivity contribution in [1.29, 1.82) is 0 Å². The fourth-order valence-electron chi connectivity index (χ4n) is 3.34. The molecule has 0 bridgehead atoms. The Labute approximate surface area is 151 Å². The number of ether oxygens (including phenoxy) is 2. The van der Waals surface area contributed by atoms with Crippen molar-refractivity contribution in [3.05, 3.63) is 24.4 Å². The molecule has 2 aromatic rings. The Morgan fingerprint density at radius 2 is 1.96 bits per heavy atom. The lowest BCUT2D eigenvalue weighted by Crippen LogP contribution is -2.35. The normalized spacial score (nSPS) is 18.0. The van der Waals surface area contributed by atoms with Gasteiger partial charge in [0.1, 0.15) is 5.78 Å². The average molecular weight is 358 g/mol. The number of ketones is 1. The van der Waals surface area contributed by atoms with Gasteiger partial charge < -0.3 is 14.4 Å². The van der Waals surface area contributed by atoms with Gasteiger partial charge in [-0.05, 0) is 43.5 Å². The van der Waals surface area contributed by atoms with Gasteiger partial charge >= 0.3 is 0 Å². The van der Waals surface area contributed by atoms with Gasteiger partial charge in [0, 0.05) is 31.6 Å². The lowest BCUT2D eigenvalue weighted by atomic mass is 9.94. The molecule has 25 heavy (non-hydrogen) atoms. The number of benzene rings is 1. The predicted molar refractivity (Wildman–Crippen MR) is 98.8 cm³/mol. The van der Waals surface area contributed by atoms with Crippen LogP contribution in [0.25, 0.3) is 10.4 Å². The Balaban J connectivity index is 1.50. The Morgan fingerprint density at radius 3 is 2.72 bits per heavy atom. The lowest BCUT2D eigenvalue weighted by Gasteiger charge is -2.30. The topological polar surface area (TPSA) is 51.7 Å². The van der Waals surface area contributed by atoms with Gasteiger partial charge in [-0.1, -0.05) is 11.3 Å². The number of aromatic nitrogens is 1. The first kappa shape index (κ1) is 16.4. The van der Waals surface area contributed by atoms with Crippen LogP contribution in [-0.2, 0) is 4.79 Å². The van der Waals surface area contributed by atoms with E-state index in [1.54, 1.807) is 18.3 Å². The van der Waals surface area contributed by atoms with Gasteiger partial charge in [0.05, 0.1) is 18.1 Å². The van der Waals surface area contributed by atoms with Crippen molar-refractivity contribution in [3.8, 4) is 21.9 Å². The number of fused-ring (bicyclic) bond motifs is 1. The molecule has 1 saturated heterocycles. The number of nitrogens with zero attached hydrogens (tertiary/aromatic N) is 2. The summed E-state index contributed by atoms with van der Waals surface area (Å²) in [7, 11) is 0. The molecule has 5 nitrogen and oxygen atoms in total. The maximum Gasteiger partial charge on any atom is 0.185 e. The van der Waals surface area contributed by atoms with E-state index >= 15 is 0 Å². The largest absolute Gasteiger partial charge is 0.490 e. The highest BCUT2D eigenvalue weighted by molar-refractivity contribution is 7.18. The van der Waals surface area contributed by atoms with Crippen LogP contribution in [0, 0.1) is 5.92 Å². The minimum absolute atomic E-state index is 0.220. The quantitative estimate of drug-likeness (QED) is 0.836. The van der Waals surface area contributed by atoms with Crippen LogP contribution in [0.2, 0.25) is 0 Å². The Hall–Kier alpha value is -2.08. The molecule has 0 atom stereocenters. The number of rotatable bonds is 3. The maximum atomic E-state index is 11.5. The van der Waals surface area contributed by atoms with Crippen molar-refractivity contribution in [3.63, 3.8) is 0 Å². The number of piperidine rings is 1. The number of anilines is 1. The minimum atomic E-state index is 0.220. The van der Waals surface area contributed by atoms with E-state index in [0.717, 1.165) is 59.4 Å². The second-order valence-electron chi connectivity index (χ2n) is 6.59. The van der Waals surface area contributed by atoms with E-state index in [-0.39, 0.29) is 5.92 Å². The van der Waals surface area contributed by atoms with Crippen molar-refractivity contribution in [2.75, 3.05) is 31.2 Å². The lowest BCUT2D eigenvalue weighted by molar-refractivity contribution is -0.121. The van der Waals surface area contributed by atoms with Gasteiger partial charge in [-0.15, -0.1) is 0 Å². The van der Waals surface area contributed by atoms with E-state index in [1.165, 1.54) is 0 Å². The third kappa shape index (κ3) is 3.49. The van der Waals surface area contributed by atoms with E-state index in [2.05, 4.69) is 16.0 Å². The first-order valence-corrected chi connectivity index (χ1v) is 9.63. The SMILES string of the molecule is CC(=O)C1CCN(c2ncc(-c3ccc4c(c3)OCCCO4)s2)CC1. The minimum Gasteiger partial charge on any atom is -0.490 e. The highest BCUT2D eigenvalue weighted by Gasteiger charge is 2.24. The summed E-state index contributed by atoms with van der Waals surface area (Å²) in [5.41, 5.74) is 1.10. The van der Waals surface area contributed by atoms with Crippen LogP contribution in [0.5, 0.6) is 11.5 Å². The third-order valence-electron chi connectivity index (χ3n) is 4.87. The summed E-state index contributed by atoms with van der Waals surface area (Å²) in [6.07, 6.45) is 4.68. The molecule has 0 spiro atoms. The first-order chi connectivity index (χ1) is 12.2. The van der Waals surface area contributed by atoms with Crippen molar-refractivity contribution < 1.29 is 14.3 Å². The summed E-state index contributed by atoms with van der Waals surface area (Å²) in [5, 5.41) is 1.03. The molecule has 4 rings (SSSR count). The summed E-state index contributed by atoms with van der Waals surface area (Å²) in [6, 6.07) is 6.08. The van der Waals surface area contributed by atoms with E-state index in [4.69, 9.17) is 9.47 Å². The molecule has 1 aromatic heterocycles. The van der Waals surface area contributed by atoms with E-state index in [1.807, 2.05) is 18.3 Å². The Kier molecular flexibility index (Phi) is 4.61. The summed E-state index contributed by atoms with van der Waals surface area (Å²) < 4.78 is 11.5. The third-order valence-corrected chi connectivity index (χ3v) is 5.97. The molecule has 2 aliphatic rings. The molecule has 3 heterocycles. The molecule has 132 valence electrons. The maximum absolute atomic E-state index is 11.5. The van der Waals surface area contributed by atoms with Crippen LogP contribution in [0.4, 0.5) is 5.13 Å². The van der Waals surface area contributed by atoms with Crippen molar-refractivity contribution in [2.45, 2.75) is 26.2 Å². The van der Waals surface area contributed by atoms with Gasteiger partial charge in [0.25, 0.3) is 0 Å². The second-order valence-corrected chi connectivity index (χ2v) is 7.60. The monoisotopic (exact) mass is 358 g/mol. The second kappa shape index (κ2) is 7.04. The van der Waals surface area contributed by atoms with Crippen LogP contribution < -0.4 is 14.4 Å². The van der Waals surface area contributed by atoms with Crippen LogP contribution in [0.1, 0.15) is 26.2 Å². The molecule has 0 amide bonds. The van der Waals surface area contributed by atoms with Crippen LogP contribution in [0.15, 0.2) is 24.4 Å². The summed E-state index contributed by atoms with van der Waals surface area (Å²) in [4.78, 5) is 19.5. The Morgan fingerprint density at radius 1 is 1.20 bits per heavy atom. The fraction of sp³-hybridized carbons (Fsp3) is 0.474. The molecule has 0 radical (unpaired) electrons. The van der Waals surface area contributed by atoms with Gasteiger partial charge in [-0.3, -0.25) is 4.79 Å². The predicted octanol–water partition coefficient (Wildman–Crippen LogP) is 3.78. The number of carbonyl (C=O) groups is 1. The highest BCUT2D eigenvalue weighted by atomic mass is 32.1. The van der Waals surface area contributed by atoms with Crippen molar-refractivity contribution >= 4 is 22.3 Å². The standard InChI is InChI=1S/C19H22N2O3S/c1-13(22)14-5-7-21(8-6-14)19-20-12-18(25-19)15-3-4-16-17(11-15)24-10-2-9-23-16/h3-4,11-12,14H,2,5-10H2,1H3. The van der Waals surface area contributed by atoms with Crippen molar-refractivity contribution in [2.24, 2.45) is 5.92 Å². The zero-order valence-corrected chi connectivity index (χ0v) is 15.2. The molecular weight excluding hydrogens is 336 g/mol. The van der Waals surface area contributed by atoms with Gasteiger partial charge in [-0.2, -0.15) is 0 Å². The zero-order valence-electron chi connectivity index (χ0n) is 14.4. The molecular formula is C19H22N2O3S. The van der Waals surface area contributed by atoms with E-state index in [0.29, 0.717) is 19.0 Å². The fourth-order valence-corrected chi connectivity index (χ4v) is 4.30. The summed E-state index contributed by atoms with van der Waals surface area (Å²) in [6.45, 7) is 4.89. The summed E-state index contributed by atoms with van der Waals surface area (Å²) in [5.74, 6) is 2.16. The number of Topliss-reactive ketones (excluding diaryl/α,β-unsaturated/α-hetero) is 1. The molecule has 2 aliphatic heterocycles. The molecule has 1 fully saturated rings. The van der Waals surface area contributed by atoms with Crippen LogP contribution >= 0.6 is 11.3 Å². The van der Waals surface area contributed by atoms with E-state index < -0.39 is 0 Å². The average Bonchev–Trinajstić information content (AvgIpc) is 3.01. The van der Waals surface area contributed by atoms with E-state index in [9.17, 15) is 4.79 Å². The molecule has 0 N–H and O–H groups in total. The zero-order chi connectivity index (χ0) is 17.2. The van der Waals surface area contributed by atoms with Crippen molar-refractivity contribution in [1.82, 2.24) is 4.98 Å². The highest BCUT2D eigenvalue weighted by Crippen LogP contribution is 2.38. The molecule has 0 aliphatic carbocycles. The first-order valence-electron chi connectivity index (χ1n) is 8.82. The smallest absolute Gasteiger partial charge is 0.185 e. The van der Waals surface area contributed by atoms with Gasteiger partial charge in [0.15, 0.2) is 16.6 Å².